The van der Waals surface area contributed by atoms with Crippen LogP contribution in [0, 0.1) is 5.82 Å². The first-order valence-electron chi connectivity index (χ1n) is 5.68. The molecule has 0 amide bonds. The molecule has 5 heteroatoms. The molecule has 0 aliphatic carbocycles. The molecular formula is C14H9BrClFO2. The lowest BCUT2D eigenvalue weighted by Crippen LogP contribution is -2.22. The summed E-state index contributed by atoms with van der Waals surface area (Å²) in [6.45, 7) is 0.266. The Kier molecular flexibility index (Phi) is 3.37. The van der Waals surface area contributed by atoms with Crippen LogP contribution < -0.4 is 9.47 Å². The molecule has 1 aliphatic heterocycles. The quantitative estimate of drug-likeness (QED) is 0.743. The third-order valence-corrected chi connectivity index (χ3v) is 3.75. The van der Waals surface area contributed by atoms with Crippen LogP contribution in [-0.2, 0) is 0 Å². The van der Waals surface area contributed by atoms with Gasteiger partial charge in [0, 0.05) is 10.6 Å². The third-order valence-electron chi connectivity index (χ3n) is 2.89. The summed E-state index contributed by atoms with van der Waals surface area (Å²) < 4.78 is 26.1. The Bertz CT molecular complexity index is 633. The van der Waals surface area contributed by atoms with E-state index in [4.69, 9.17) is 21.1 Å². The molecule has 2 aromatic carbocycles. The van der Waals surface area contributed by atoms with Crippen molar-refractivity contribution < 1.29 is 13.9 Å². The molecule has 0 unspecified atom stereocenters. The average Bonchev–Trinajstić information content (AvgIpc) is 2.39. The van der Waals surface area contributed by atoms with Crippen molar-refractivity contribution >= 4 is 27.5 Å². The molecule has 1 heterocycles. The Morgan fingerprint density at radius 2 is 2.11 bits per heavy atom. The first kappa shape index (κ1) is 12.8. The summed E-state index contributed by atoms with van der Waals surface area (Å²) in [7, 11) is 0. The van der Waals surface area contributed by atoms with E-state index < -0.39 is 11.9 Å². The van der Waals surface area contributed by atoms with Gasteiger partial charge in [-0.05, 0) is 40.2 Å². The minimum Gasteiger partial charge on any atom is -0.485 e. The molecule has 1 aliphatic rings. The zero-order valence-corrected chi connectivity index (χ0v) is 12.0. The molecule has 0 radical (unpaired) electrons. The molecule has 0 saturated carbocycles. The zero-order valence-electron chi connectivity index (χ0n) is 9.70. The van der Waals surface area contributed by atoms with Gasteiger partial charge >= 0.3 is 0 Å². The molecule has 0 bridgehead atoms. The van der Waals surface area contributed by atoms with E-state index in [1.54, 1.807) is 12.1 Å². The molecule has 2 aromatic rings. The van der Waals surface area contributed by atoms with Gasteiger partial charge in [-0.1, -0.05) is 23.7 Å². The van der Waals surface area contributed by atoms with Crippen LogP contribution in [0.5, 0.6) is 11.5 Å². The molecule has 0 N–H and O–H groups in total. The van der Waals surface area contributed by atoms with Crippen molar-refractivity contribution in [3.8, 4) is 11.5 Å². The highest BCUT2D eigenvalue weighted by molar-refractivity contribution is 9.10. The molecule has 0 spiro atoms. The van der Waals surface area contributed by atoms with Gasteiger partial charge in [-0.2, -0.15) is 0 Å². The van der Waals surface area contributed by atoms with E-state index in [9.17, 15) is 4.39 Å². The van der Waals surface area contributed by atoms with Gasteiger partial charge in [0.05, 0.1) is 4.47 Å². The Hall–Kier alpha value is -1.26. The largest absolute Gasteiger partial charge is 0.485 e. The molecule has 0 fully saturated rings. The molecule has 19 heavy (non-hydrogen) atoms. The Balaban J connectivity index is 1.95. The summed E-state index contributed by atoms with van der Waals surface area (Å²) in [5.74, 6) is 0.852. The van der Waals surface area contributed by atoms with Crippen molar-refractivity contribution in [1.29, 1.82) is 0 Å². The van der Waals surface area contributed by atoms with Crippen LogP contribution in [0.15, 0.2) is 40.9 Å². The maximum atomic E-state index is 13.9. The SMILES string of the molecule is Fc1cc(Cl)ccc1[C@H]1COc2cccc(Br)c2O1. The number of hydrogen-bond donors (Lipinski definition) is 0. The van der Waals surface area contributed by atoms with Gasteiger partial charge in [-0.15, -0.1) is 0 Å². The maximum absolute atomic E-state index is 13.9. The van der Waals surface area contributed by atoms with Crippen LogP contribution in [0.4, 0.5) is 4.39 Å². The van der Waals surface area contributed by atoms with E-state index in [1.807, 2.05) is 18.2 Å². The highest BCUT2D eigenvalue weighted by Crippen LogP contribution is 2.41. The van der Waals surface area contributed by atoms with E-state index in [-0.39, 0.29) is 6.61 Å². The van der Waals surface area contributed by atoms with Crippen LogP contribution in [0.25, 0.3) is 0 Å². The van der Waals surface area contributed by atoms with Crippen molar-refractivity contribution in [2.75, 3.05) is 6.61 Å². The Labute approximate surface area is 123 Å². The predicted molar refractivity (Wildman–Crippen MR) is 74.4 cm³/mol. The van der Waals surface area contributed by atoms with Crippen molar-refractivity contribution in [2.45, 2.75) is 6.10 Å². The number of rotatable bonds is 1. The topological polar surface area (TPSA) is 18.5 Å². The molecule has 2 nitrogen and oxygen atoms in total. The van der Waals surface area contributed by atoms with E-state index in [2.05, 4.69) is 15.9 Å². The number of benzene rings is 2. The number of para-hydroxylation sites is 1. The van der Waals surface area contributed by atoms with Gasteiger partial charge in [-0.3, -0.25) is 0 Å². The van der Waals surface area contributed by atoms with Crippen LogP contribution in [0.2, 0.25) is 5.02 Å². The summed E-state index contributed by atoms with van der Waals surface area (Å²) in [5.41, 5.74) is 0.436. The second-order valence-corrected chi connectivity index (χ2v) is 5.44. The molecule has 0 saturated heterocycles. The normalized spacial score (nSPS) is 17.3. The fraction of sp³-hybridized carbons (Fsp3) is 0.143. The predicted octanol–water partition coefficient (Wildman–Crippen LogP) is 4.75. The number of halogens is 3. The van der Waals surface area contributed by atoms with Crippen molar-refractivity contribution in [3.05, 3.63) is 57.3 Å². The number of ether oxygens (including phenoxy) is 2. The second kappa shape index (κ2) is 5.02. The minimum atomic E-state index is -0.483. The average molecular weight is 344 g/mol. The molecular weight excluding hydrogens is 335 g/mol. The standard InChI is InChI=1S/C14H9BrClFO2/c15-10-2-1-3-12-14(10)19-13(7-18-12)9-5-4-8(16)6-11(9)17/h1-6,13H,7H2/t13-/m1/s1. The van der Waals surface area contributed by atoms with Gasteiger partial charge in [0.1, 0.15) is 12.4 Å². The van der Waals surface area contributed by atoms with Crippen molar-refractivity contribution in [2.24, 2.45) is 0 Å². The Morgan fingerprint density at radius 3 is 2.89 bits per heavy atom. The fourth-order valence-electron chi connectivity index (χ4n) is 1.97. The first-order chi connectivity index (χ1) is 9.15. The van der Waals surface area contributed by atoms with Gasteiger partial charge in [0.15, 0.2) is 17.6 Å². The second-order valence-electron chi connectivity index (χ2n) is 4.15. The lowest BCUT2D eigenvalue weighted by Gasteiger charge is -2.27. The van der Waals surface area contributed by atoms with Gasteiger partial charge in [-0.25, -0.2) is 4.39 Å². The van der Waals surface area contributed by atoms with Crippen LogP contribution >= 0.6 is 27.5 Å². The van der Waals surface area contributed by atoms with Crippen LogP contribution in [0.1, 0.15) is 11.7 Å². The summed E-state index contributed by atoms with van der Waals surface area (Å²) in [4.78, 5) is 0. The molecule has 3 rings (SSSR count). The van der Waals surface area contributed by atoms with Gasteiger partial charge in [0.2, 0.25) is 0 Å². The number of hydrogen-bond acceptors (Lipinski definition) is 2. The van der Waals surface area contributed by atoms with Gasteiger partial charge in [0.25, 0.3) is 0 Å². The number of fused-ring (bicyclic) bond motifs is 1. The van der Waals surface area contributed by atoms with E-state index >= 15 is 0 Å². The van der Waals surface area contributed by atoms with Crippen LogP contribution in [-0.4, -0.2) is 6.61 Å². The fourth-order valence-corrected chi connectivity index (χ4v) is 2.57. The molecule has 98 valence electrons. The van der Waals surface area contributed by atoms with E-state index in [1.165, 1.54) is 6.07 Å². The maximum Gasteiger partial charge on any atom is 0.176 e. The monoisotopic (exact) mass is 342 g/mol. The summed E-state index contributed by atoms with van der Waals surface area (Å²) in [6.07, 6.45) is -0.483. The molecule has 1 atom stereocenters. The summed E-state index contributed by atoms with van der Waals surface area (Å²) in [5, 5.41) is 0.361. The Morgan fingerprint density at radius 1 is 1.26 bits per heavy atom. The van der Waals surface area contributed by atoms with E-state index in [0.717, 1.165) is 4.47 Å². The lowest BCUT2D eigenvalue weighted by atomic mass is 10.1. The molecule has 0 aromatic heterocycles. The zero-order chi connectivity index (χ0) is 13.4. The third kappa shape index (κ3) is 2.42. The smallest absolute Gasteiger partial charge is 0.176 e. The van der Waals surface area contributed by atoms with Crippen LogP contribution in [0.3, 0.4) is 0 Å². The highest BCUT2D eigenvalue weighted by Gasteiger charge is 2.26. The minimum absolute atomic E-state index is 0.266. The van der Waals surface area contributed by atoms with Crippen molar-refractivity contribution in [1.82, 2.24) is 0 Å². The van der Waals surface area contributed by atoms with Gasteiger partial charge < -0.3 is 9.47 Å². The van der Waals surface area contributed by atoms with E-state index in [0.29, 0.717) is 22.1 Å². The van der Waals surface area contributed by atoms with Crippen molar-refractivity contribution in [3.63, 3.8) is 0 Å². The highest BCUT2D eigenvalue weighted by atomic mass is 79.9. The summed E-state index contributed by atoms with van der Waals surface area (Å²) in [6, 6.07) is 10.1. The lowest BCUT2D eigenvalue weighted by molar-refractivity contribution is 0.0876. The summed E-state index contributed by atoms with van der Waals surface area (Å²) >= 11 is 9.13. The first-order valence-corrected chi connectivity index (χ1v) is 6.85.